The first kappa shape index (κ1) is 10.4. The van der Waals surface area contributed by atoms with Crippen molar-refractivity contribution in [2.24, 2.45) is 0 Å². The van der Waals surface area contributed by atoms with Gasteiger partial charge in [0.25, 0.3) is 0 Å². The molecule has 2 aliphatic carbocycles. The lowest BCUT2D eigenvalue weighted by molar-refractivity contribution is 0.519. The lowest BCUT2D eigenvalue weighted by Crippen LogP contribution is -2.15. The molecular formula is C16H22. The largest absolute Gasteiger partial charge is 0.0558 e. The van der Waals surface area contributed by atoms with Gasteiger partial charge in [-0.2, -0.15) is 0 Å². The molecular weight excluding hydrogens is 192 g/mol. The van der Waals surface area contributed by atoms with Crippen LogP contribution in [0.5, 0.6) is 0 Å². The van der Waals surface area contributed by atoms with Crippen LogP contribution in [0.2, 0.25) is 0 Å². The number of hydrogen-bond acceptors (Lipinski definition) is 0. The summed E-state index contributed by atoms with van der Waals surface area (Å²) in [7, 11) is 0. The van der Waals surface area contributed by atoms with Gasteiger partial charge in [-0.05, 0) is 84.7 Å². The molecule has 0 fully saturated rings. The molecule has 0 aliphatic heterocycles. The molecule has 1 aromatic rings. The molecule has 0 spiro atoms. The second-order valence-electron chi connectivity index (χ2n) is 6.30. The fourth-order valence-electron chi connectivity index (χ4n) is 4.11. The molecule has 0 amide bonds. The Morgan fingerprint density at radius 2 is 1.44 bits per heavy atom. The number of rotatable bonds is 0. The van der Waals surface area contributed by atoms with Crippen molar-refractivity contribution in [2.75, 3.05) is 0 Å². The Kier molecular flexibility index (Phi) is 2.02. The lowest BCUT2D eigenvalue weighted by atomic mass is 9.80. The van der Waals surface area contributed by atoms with E-state index in [2.05, 4.69) is 27.7 Å². The van der Waals surface area contributed by atoms with Crippen LogP contribution in [-0.2, 0) is 24.7 Å². The summed E-state index contributed by atoms with van der Waals surface area (Å²) in [5.74, 6) is 0. The molecule has 0 atom stereocenters. The van der Waals surface area contributed by atoms with Crippen molar-refractivity contribution >= 4 is 0 Å². The van der Waals surface area contributed by atoms with Crippen LogP contribution in [0.3, 0.4) is 0 Å². The lowest BCUT2D eigenvalue weighted by Gasteiger charge is -2.24. The van der Waals surface area contributed by atoms with Crippen molar-refractivity contribution in [1.29, 1.82) is 0 Å². The summed E-state index contributed by atoms with van der Waals surface area (Å²) in [6.45, 7) is 9.58. The molecule has 0 saturated carbocycles. The van der Waals surface area contributed by atoms with E-state index < -0.39 is 0 Å². The van der Waals surface area contributed by atoms with Crippen molar-refractivity contribution in [1.82, 2.24) is 0 Å². The highest BCUT2D eigenvalue weighted by Crippen LogP contribution is 2.45. The summed E-state index contributed by atoms with van der Waals surface area (Å²) in [5.41, 5.74) is 10.5. The summed E-state index contributed by atoms with van der Waals surface area (Å²) < 4.78 is 0. The maximum Gasteiger partial charge on any atom is -0.00948 e. The molecule has 3 rings (SSSR count). The van der Waals surface area contributed by atoms with Gasteiger partial charge in [0.1, 0.15) is 0 Å². The molecule has 0 bridgehead atoms. The fourth-order valence-corrected chi connectivity index (χ4v) is 4.11. The minimum atomic E-state index is 0.418. The Balaban J connectivity index is 2.35. The van der Waals surface area contributed by atoms with E-state index in [1.807, 2.05) is 0 Å². The van der Waals surface area contributed by atoms with Crippen molar-refractivity contribution < 1.29 is 0 Å². The van der Waals surface area contributed by atoms with Crippen LogP contribution >= 0.6 is 0 Å². The van der Waals surface area contributed by atoms with Crippen LogP contribution < -0.4 is 0 Å². The van der Waals surface area contributed by atoms with Crippen LogP contribution in [0, 0.1) is 13.8 Å². The zero-order valence-electron chi connectivity index (χ0n) is 11.0. The molecule has 0 heterocycles. The van der Waals surface area contributed by atoms with E-state index >= 15 is 0 Å². The van der Waals surface area contributed by atoms with E-state index in [1.54, 1.807) is 33.4 Å². The zero-order valence-corrected chi connectivity index (χ0v) is 11.0. The third-order valence-electron chi connectivity index (χ3n) is 4.93. The number of fused-ring (bicyclic) bond motifs is 2. The second kappa shape index (κ2) is 3.12. The van der Waals surface area contributed by atoms with Crippen LogP contribution in [-0.4, -0.2) is 0 Å². The SMILES string of the molecule is Cc1c2c(c(C)c3c1CCC3(C)C)CCC2. The first-order valence-electron chi connectivity index (χ1n) is 6.66. The van der Waals surface area contributed by atoms with Gasteiger partial charge in [-0.15, -0.1) is 0 Å². The molecule has 0 heteroatoms. The monoisotopic (exact) mass is 214 g/mol. The maximum absolute atomic E-state index is 2.42. The van der Waals surface area contributed by atoms with Gasteiger partial charge in [0.2, 0.25) is 0 Å². The normalized spacial score (nSPS) is 21.0. The van der Waals surface area contributed by atoms with Crippen molar-refractivity contribution in [3.05, 3.63) is 33.4 Å². The third-order valence-corrected chi connectivity index (χ3v) is 4.93. The predicted octanol–water partition coefficient (Wildman–Crippen LogP) is 4.02. The van der Waals surface area contributed by atoms with Gasteiger partial charge in [-0.1, -0.05) is 13.8 Å². The Morgan fingerprint density at radius 1 is 0.812 bits per heavy atom. The Bertz CT molecular complexity index is 464. The van der Waals surface area contributed by atoms with Crippen molar-refractivity contribution in [2.45, 2.75) is 65.2 Å². The first-order valence-corrected chi connectivity index (χ1v) is 6.66. The minimum Gasteiger partial charge on any atom is -0.0558 e. The molecule has 16 heavy (non-hydrogen) atoms. The molecule has 2 aliphatic rings. The highest BCUT2D eigenvalue weighted by molar-refractivity contribution is 5.57. The Hall–Kier alpha value is -0.780. The Morgan fingerprint density at radius 3 is 2.12 bits per heavy atom. The van der Waals surface area contributed by atoms with E-state index in [1.165, 1.54) is 32.1 Å². The Labute approximate surface area is 99.1 Å². The van der Waals surface area contributed by atoms with Gasteiger partial charge in [-0.3, -0.25) is 0 Å². The minimum absolute atomic E-state index is 0.418. The van der Waals surface area contributed by atoms with Gasteiger partial charge in [-0.25, -0.2) is 0 Å². The first-order chi connectivity index (χ1) is 7.52. The average Bonchev–Trinajstić information content (AvgIpc) is 2.79. The van der Waals surface area contributed by atoms with E-state index in [-0.39, 0.29) is 0 Å². The molecule has 0 N–H and O–H groups in total. The average molecular weight is 214 g/mol. The number of benzene rings is 1. The summed E-state index contributed by atoms with van der Waals surface area (Å²) >= 11 is 0. The molecule has 86 valence electrons. The second-order valence-corrected chi connectivity index (χ2v) is 6.30. The van der Waals surface area contributed by atoms with Crippen molar-refractivity contribution in [3.63, 3.8) is 0 Å². The van der Waals surface area contributed by atoms with Crippen molar-refractivity contribution in [3.8, 4) is 0 Å². The van der Waals surface area contributed by atoms with E-state index in [9.17, 15) is 0 Å². The fraction of sp³-hybridized carbons (Fsp3) is 0.625. The highest BCUT2D eigenvalue weighted by atomic mass is 14.4. The van der Waals surface area contributed by atoms with Crippen LogP contribution in [0.4, 0.5) is 0 Å². The zero-order chi connectivity index (χ0) is 11.5. The van der Waals surface area contributed by atoms with Gasteiger partial charge >= 0.3 is 0 Å². The summed E-state index contributed by atoms with van der Waals surface area (Å²) in [5, 5.41) is 0. The van der Waals surface area contributed by atoms with Crippen LogP contribution in [0.15, 0.2) is 0 Å². The van der Waals surface area contributed by atoms with E-state index in [0.29, 0.717) is 5.41 Å². The quantitative estimate of drug-likeness (QED) is 0.612. The van der Waals surface area contributed by atoms with Crippen LogP contribution in [0.1, 0.15) is 60.1 Å². The number of hydrogen-bond donors (Lipinski definition) is 0. The van der Waals surface area contributed by atoms with Crippen LogP contribution in [0.25, 0.3) is 0 Å². The van der Waals surface area contributed by atoms with Gasteiger partial charge in [0.05, 0.1) is 0 Å². The molecule has 0 aromatic heterocycles. The van der Waals surface area contributed by atoms with E-state index in [0.717, 1.165) is 0 Å². The molecule has 0 radical (unpaired) electrons. The van der Waals surface area contributed by atoms with Gasteiger partial charge in [0.15, 0.2) is 0 Å². The highest BCUT2D eigenvalue weighted by Gasteiger charge is 2.35. The van der Waals surface area contributed by atoms with Gasteiger partial charge in [0, 0.05) is 0 Å². The molecule has 1 aromatic carbocycles. The molecule has 0 saturated heterocycles. The predicted molar refractivity (Wildman–Crippen MR) is 69.3 cm³/mol. The third kappa shape index (κ3) is 1.16. The summed E-state index contributed by atoms with van der Waals surface area (Å²) in [6.07, 6.45) is 6.68. The molecule has 0 nitrogen and oxygen atoms in total. The summed E-state index contributed by atoms with van der Waals surface area (Å²) in [6, 6.07) is 0. The standard InChI is InChI=1S/C16H22/c1-10-12-6-5-7-13(12)11(2)15-14(10)8-9-16(15,3)4/h5-9H2,1-4H3. The van der Waals surface area contributed by atoms with Gasteiger partial charge < -0.3 is 0 Å². The smallest absolute Gasteiger partial charge is 0.00948 e. The topological polar surface area (TPSA) is 0 Å². The van der Waals surface area contributed by atoms with E-state index in [4.69, 9.17) is 0 Å². The molecule has 0 unspecified atom stereocenters. The summed E-state index contributed by atoms with van der Waals surface area (Å²) in [4.78, 5) is 0. The maximum atomic E-state index is 2.42.